The molecular formula is C54H106N6O11P9Y3-3. The van der Waals surface area contributed by atoms with Crippen molar-refractivity contribution in [1.29, 1.82) is 0 Å². The molecule has 0 aliphatic heterocycles. The number of nitrogens with zero attached hydrogens (tertiary/aromatic N) is 4. The summed E-state index contributed by atoms with van der Waals surface area (Å²) in [5, 5.41) is 5.85. The van der Waals surface area contributed by atoms with Crippen LogP contribution in [-0.2, 0) is 151 Å². The Labute approximate surface area is 600 Å². The van der Waals surface area contributed by atoms with Gasteiger partial charge >= 0.3 is 0 Å². The Morgan fingerprint density at radius 2 is 0.831 bits per heavy atom. The van der Waals surface area contributed by atoms with E-state index in [0.717, 1.165) is 0 Å². The van der Waals surface area contributed by atoms with Gasteiger partial charge in [0.15, 0.2) is 0 Å². The molecule has 475 valence electrons. The molecule has 83 heavy (non-hydrogen) atoms. The number of amides is 3. The van der Waals surface area contributed by atoms with Crippen molar-refractivity contribution in [3.05, 3.63) is 85.1 Å². The van der Waals surface area contributed by atoms with Gasteiger partial charge in [0.25, 0.3) is 0 Å². The van der Waals surface area contributed by atoms with Crippen LogP contribution in [0.15, 0.2) is 85.1 Å². The van der Waals surface area contributed by atoms with E-state index in [4.69, 9.17) is 23.7 Å². The van der Waals surface area contributed by atoms with Crippen LogP contribution in [0.5, 0.6) is 0 Å². The average Bonchev–Trinajstić information content (AvgIpc) is 3.44. The number of carbonyl (C=O) groups is 3. The largest absolute Gasteiger partial charge is 0.540 e. The van der Waals surface area contributed by atoms with Crippen molar-refractivity contribution in [3.8, 4) is 0 Å². The Morgan fingerprint density at radius 3 is 1.17 bits per heavy atom. The van der Waals surface area contributed by atoms with Crippen LogP contribution in [0.1, 0.15) is 87.0 Å². The molecule has 2 N–H and O–H groups in total. The molecule has 0 aromatic carbocycles. The van der Waals surface area contributed by atoms with E-state index in [2.05, 4.69) is 37.4 Å². The fourth-order valence-electron chi connectivity index (χ4n) is 6.07. The van der Waals surface area contributed by atoms with Gasteiger partial charge in [-0.3, -0.25) is 14.4 Å². The first kappa shape index (κ1) is 104. The number of hydrogen-bond acceptors (Lipinski definition) is 14. The summed E-state index contributed by atoms with van der Waals surface area (Å²) in [5.74, 6) is -0.152. The minimum Gasteiger partial charge on any atom is -0.540 e. The molecule has 0 aliphatic carbocycles. The molecule has 17 nitrogen and oxygen atoms in total. The third kappa shape index (κ3) is 61.7. The maximum absolute atomic E-state index is 12.5. The number of carbonyl (C=O) groups excluding carboxylic acids is 6. The van der Waals surface area contributed by atoms with Gasteiger partial charge in [-0.2, -0.15) is 29.7 Å². The number of nitrogens with one attached hydrogen (secondary N) is 2. The van der Waals surface area contributed by atoms with Crippen molar-refractivity contribution in [3.63, 3.8) is 0 Å². The van der Waals surface area contributed by atoms with Gasteiger partial charge in [-0.25, -0.2) is 18.9 Å². The Morgan fingerprint density at radius 1 is 0.506 bits per heavy atom. The van der Waals surface area contributed by atoms with Gasteiger partial charge in [0.1, 0.15) is 0 Å². The van der Waals surface area contributed by atoms with Crippen LogP contribution in [0.2, 0.25) is 0 Å². The average molecular weight is 1560 g/mol. The van der Waals surface area contributed by atoms with E-state index < -0.39 is 5.41 Å². The van der Waals surface area contributed by atoms with Crippen LogP contribution in [0, 0.1) is 5.41 Å². The minimum atomic E-state index is -0.533. The number of likely N-dealkylation sites (N-methyl/N-ethyl adjacent to an activating group) is 3. The second-order valence-corrected chi connectivity index (χ2v) is 22.4. The summed E-state index contributed by atoms with van der Waals surface area (Å²) in [6, 6.07) is -1.05. The summed E-state index contributed by atoms with van der Waals surface area (Å²) in [7, 11) is 14.6. The molecule has 0 heterocycles. The van der Waals surface area contributed by atoms with Crippen LogP contribution in [0.4, 0.5) is 0 Å². The van der Waals surface area contributed by atoms with E-state index in [9.17, 15) is 28.8 Å². The monoisotopic (exact) mass is 1560 g/mol. The summed E-state index contributed by atoms with van der Waals surface area (Å²) < 4.78 is 34.4. The van der Waals surface area contributed by atoms with Crippen molar-refractivity contribution in [2.75, 3.05) is 107 Å². The molecular weight excluding hydrogens is 1450 g/mol. The third-order valence-electron chi connectivity index (χ3n) is 11.0. The first-order valence-corrected chi connectivity index (χ1v) is 34.2. The fraction of sp³-hybridized carbons (Fsp3) is 0.630. The first-order chi connectivity index (χ1) is 37.2. The SMILES string of the molecule is CC=CCN(CC=CC)C(=O)CC[C@@H]([C-]=O)N(C)PP.CC=CCOCC(CNC(=O)CC[C@@H]([C-]=O)N(C)PP)(COCC=CC)COCC=CC.CC=CCOCC(CNC(=O)CC[C@@H]([C-]=O)N(C)PP)OCC=CC.P.P.P.[Y].[Y].[Y]. The summed E-state index contributed by atoms with van der Waals surface area (Å²) in [4.78, 5) is 71.6. The number of rotatable bonds is 45. The van der Waals surface area contributed by atoms with Crippen molar-refractivity contribution in [2.45, 2.75) is 111 Å². The Bertz CT molecular complexity index is 1700. The van der Waals surface area contributed by atoms with Gasteiger partial charge in [-0.15, -0.1) is 0 Å². The molecule has 29 heteroatoms. The molecule has 0 bridgehead atoms. The first-order valence-electron chi connectivity index (χ1n) is 25.9. The predicted octanol–water partition coefficient (Wildman–Crippen LogP) is 8.38. The van der Waals surface area contributed by atoms with Crippen molar-refractivity contribution >= 4 is 118 Å². The molecule has 13 atom stereocenters. The second kappa shape index (κ2) is 76.9. The van der Waals surface area contributed by atoms with E-state index in [1.54, 1.807) is 4.90 Å². The molecule has 3 amide bonds. The van der Waals surface area contributed by atoms with Crippen LogP contribution in [0.3, 0.4) is 0 Å². The van der Waals surface area contributed by atoms with E-state index in [1.165, 1.54) is 0 Å². The zero-order valence-corrected chi connectivity index (χ0v) is 70.9. The summed E-state index contributed by atoms with van der Waals surface area (Å²) >= 11 is 0. The van der Waals surface area contributed by atoms with E-state index in [0.29, 0.717) is 137 Å². The van der Waals surface area contributed by atoms with Crippen LogP contribution in [0.25, 0.3) is 0 Å². The molecule has 0 rings (SSSR count). The number of hydrogen-bond donors (Lipinski definition) is 2. The van der Waals surface area contributed by atoms with Gasteiger partial charge in [0.2, 0.25) is 17.7 Å². The van der Waals surface area contributed by atoms with Crippen LogP contribution >= 0.6 is 81.7 Å². The Balaban J connectivity index is -0.000000140. The molecule has 0 aromatic rings. The molecule has 0 aliphatic rings. The quantitative estimate of drug-likeness (QED) is 0.0256. The molecule has 0 fully saturated rings. The van der Waals surface area contributed by atoms with Crippen LogP contribution < -0.4 is 10.6 Å². The molecule has 0 spiro atoms. The Kier molecular flexibility index (Phi) is 96.6. The van der Waals surface area contributed by atoms with Crippen molar-refractivity contribution in [2.24, 2.45) is 5.41 Å². The third-order valence-corrected chi connectivity index (χ3v) is 16.8. The summed E-state index contributed by atoms with van der Waals surface area (Å²) in [6.07, 6.45) is 35.1. The normalized spacial score (nSPS) is 13.7. The van der Waals surface area contributed by atoms with Gasteiger partial charge in [-0.05, 0) is 94.9 Å². The van der Waals surface area contributed by atoms with Crippen LogP contribution in [-0.4, -0.2) is 187 Å². The summed E-state index contributed by atoms with van der Waals surface area (Å²) in [5.41, 5.74) is -0.533. The zero-order valence-electron chi connectivity index (χ0n) is 51.7. The molecule has 0 saturated carbocycles. The number of ether oxygens (including phenoxy) is 5. The fourth-order valence-corrected chi connectivity index (χ4v) is 8.77. The minimum absolute atomic E-state index is 0. The molecule has 0 aromatic heterocycles. The van der Waals surface area contributed by atoms with E-state index in [-0.39, 0.29) is 183 Å². The van der Waals surface area contributed by atoms with Gasteiger partial charge in [-0.1, -0.05) is 149 Å². The zero-order chi connectivity index (χ0) is 58.4. The van der Waals surface area contributed by atoms with Crippen molar-refractivity contribution in [1.82, 2.24) is 29.5 Å². The second-order valence-electron chi connectivity index (χ2n) is 17.1. The maximum atomic E-state index is 12.5. The Hall–Kier alpha value is 2.46. The smallest absolute Gasteiger partial charge is 0.223 e. The molecule has 0 saturated heterocycles. The molecule has 10 unspecified atom stereocenters. The molecule has 3 radical (unpaired) electrons. The standard InChI is InChI=1S/C23H41N2O5P2.C17H31N2O4P2.C14H25N2O2P2.3H3P.3Y/c1-5-8-13-28-18-23(19-29-14-9-6-2,20-30-15-10-7-3)17-24-22(27)12-11-21(16-26)25(4)32-31;1-4-6-10-22-14-16(23-11-7-5-2)12-18-17(21)9-8-15(13-20)19(3)25-24;1-4-6-10-16(11-7-5-2)14(18)9-8-13(12-17)15(3)20-19;;;;;;/h5-10,21,32H,11-15,17-20,31H2,1-4H3,(H,24,27);4-7,15-16,25H,8-12,14,24H2,1-3H3,(H,18,21);4-7,13,20H,8-11,19H2,1-3H3;3*1H3;;;/q3*-1;;;;;;/t21-,23?;15-,16?;13-;;;;;;/m000....../s1. The predicted molar refractivity (Wildman–Crippen MR) is 369 cm³/mol. The van der Waals surface area contributed by atoms with E-state index in [1.807, 2.05) is 188 Å². The maximum Gasteiger partial charge on any atom is 0.223 e. The summed E-state index contributed by atoms with van der Waals surface area (Å²) in [6.45, 7) is 19.5. The number of allylic oxidation sites excluding steroid dienone is 7. The topological polar surface area (TPSA) is 186 Å². The van der Waals surface area contributed by atoms with Gasteiger partial charge in [0.05, 0.1) is 71.0 Å². The van der Waals surface area contributed by atoms with Crippen molar-refractivity contribution < 1.29 is 151 Å². The van der Waals surface area contributed by atoms with Gasteiger partial charge < -0.3 is 67.6 Å². The van der Waals surface area contributed by atoms with E-state index >= 15 is 0 Å². The van der Waals surface area contributed by atoms with Gasteiger partial charge in [0, 0.05) is 144 Å².